The van der Waals surface area contributed by atoms with E-state index in [-0.39, 0.29) is 5.41 Å². The van der Waals surface area contributed by atoms with Crippen molar-refractivity contribution >= 4 is 0 Å². The second-order valence-corrected chi connectivity index (χ2v) is 6.70. The fourth-order valence-electron chi connectivity index (χ4n) is 2.15. The summed E-state index contributed by atoms with van der Waals surface area (Å²) in [6.45, 7) is 11.6. The van der Waals surface area contributed by atoms with Gasteiger partial charge >= 0.3 is 0 Å². The van der Waals surface area contributed by atoms with E-state index in [0.717, 1.165) is 25.2 Å². The summed E-state index contributed by atoms with van der Waals surface area (Å²) in [5, 5.41) is 16.3. The summed E-state index contributed by atoms with van der Waals surface area (Å²) in [7, 11) is 0. The predicted octanol–water partition coefficient (Wildman–Crippen LogP) is 2.61. The van der Waals surface area contributed by atoms with Crippen molar-refractivity contribution in [3.8, 4) is 11.4 Å². The van der Waals surface area contributed by atoms with Crippen LogP contribution in [-0.2, 0) is 6.54 Å². The molecule has 0 saturated carbocycles. The first-order valence-corrected chi connectivity index (χ1v) is 7.50. The summed E-state index contributed by atoms with van der Waals surface area (Å²) in [5.41, 5.74) is 1.09. The van der Waals surface area contributed by atoms with Crippen LogP contribution in [0.2, 0.25) is 0 Å². The number of nitrogens with one attached hydrogen (secondary N) is 1. The second-order valence-electron chi connectivity index (χ2n) is 6.70. The van der Waals surface area contributed by atoms with Crippen molar-refractivity contribution in [2.75, 3.05) is 13.1 Å². The Hall–Kier alpha value is -1.75. The Bertz CT molecular complexity index is 545. The van der Waals surface area contributed by atoms with Crippen molar-refractivity contribution in [3.05, 3.63) is 30.3 Å². The van der Waals surface area contributed by atoms with Gasteiger partial charge in [0.15, 0.2) is 0 Å². The highest BCUT2D eigenvalue weighted by molar-refractivity contribution is 5.52. The van der Waals surface area contributed by atoms with Crippen molar-refractivity contribution in [3.63, 3.8) is 0 Å². The highest BCUT2D eigenvalue weighted by Crippen LogP contribution is 2.17. The molecule has 1 aromatic heterocycles. The average molecular weight is 287 g/mol. The van der Waals surface area contributed by atoms with Crippen molar-refractivity contribution in [2.24, 2.45) is 11.3 Å². The van der Waals surface area contributed by atoms with Crippen LogP contribution in [0, 0.1) is 11.3 Å². The topological polar surface area (TPSA) is 55.6 Å². The Kier molecular flexibility index (Phi) is 5.07. The number of aromatic nitrogens is 4. The van der Waals surface area contributed by atoms with Gasteiger partial charge in [-0.1, -0.05) is 58.0 Å². The molecule has 0 fully saturated rings. The van der Waals surface area contributed by atoms with Gasteiger partial charge < -0.3 is 5.32 Å². The van der Waals surface area contributed by atoms with Crippen LogP contribution in [-0.4, -0.2) is 33.3 Å². The molecule has 2 rings (SSSR count). The molecule has 0 aliphatic carbocycles. The third-order valence-corrected chi connectivity index (χ3v) is 3.21. The van der Waals surface area contributed by atoms with E-state index in [9.17, 15) is 0 Å². The maximum Gasteiger partial charge on any atom is 0.204 e. The van der Waals surface area contributed by atoms with Gasteiger partial charge in [0.25, 0.3) is 0 Å². The van der Waals surface area contributed by atoms with Crippen molar-refractivity contribution in [1.29, 1.82) is 0 Å². The molecule has 0 aliphatic rings. The maximum absolute atomic E-state index is 4.48. The molecule has 5 nitrogen and oxygen atoms in total. The molecular weight excluding hydrogens is 262 g/mol. The molecule has 5 heteroatoms. The third kappa shape index (κ3) is 4.93. The first kappa shape index (κ1) is 15.6. The molecule has 1 N–H and O–H groups in total. The predicted molar refractivity (Wildman–Crippen MR) is 84.7 cm³/mol. The molecule has 2 aromatic rings. The summed E-state index contributed by atoms with van der Waals surface area (Å²) in [5.74, 6) is 1.34. The molecule has 21 heavy (non-hydrogen) atoms. The Balaban J connectivity index is 1.95. The van der Waals surface area contributed by atoms with E-state index in [4.69, 9.17) is 0 Å². The molecule has 1 heterocycles. The smallest absolute Gasteiger partial charge is 0.204 e. The van der Waals surface area contributed by atoms with E-state index in [1.54, 1.807) is 4.80 Å². The van der Waals surface area contributed by atoms with E-state index < -0.39 is 0 Å². The van der Waals surface area contributed by atoms with Crippen LogP contribution in [0.5, 0.6) is 0 Å². The summed E-state index contributed by atoms with van der Waals surface area (Å²) >= 11 is 0. The minimum atomic E-state index is 0.0869. The van der Waals surface area contributed by atoms with E-state index in [1.807, 2.05) is 30.3 Å². The van der Waals surface area contributed by atoms with E-state index in [1.165, 1.54) is 0 Å². The molecule has 0 saturated heterocycles. The zero-order chi connectivity index (χ0) is 15.3. The van der Waals surface area contributed by atoms with Crippen LogP contribution in [0.1, 0.15) is 27.7 Å². The van der Waals surface area contributed by atoms with Crippen molar-refractivity contribution in [2.45, 2.75) is 34.2 Å². The van der Waals surface area contributed by atoms with Crippen LogP contribution in [0.15, 0.2) is 30.3 Å². The van der Waals surface area contributed by atoms with E-state index in [0.29, 0.717) is 11.7 Å². The Morgan fingerprint density at radius 1 is 1.19 bits per heavy atom. The number of rotatable bonds is 7. The molecular formula is C16H25N5. The lowest BCUT2D eigenvalue weighted by molar-refractivity contribution is 0.255. The van der Waals surface area contributed by atoms with Gasteiger partial charge in [0.05, 0.1) is 6.54 Å². The Morgan fingerprint density at radius 2 is 1.90 bits per heavy atom. The lowest BCUT2D eigenvalue weighted by Crippen LogP contribution is -2.35. The van der Waals surface area contributed by atoms with Crippen molar-refractivity contribution in [1.82, 2.24) is 25.5 Å². The Labute approximate surface area is 126 Å². The summed E-state index contributed by atoms with van der Waals surface area (Å²) in [6, 6.07) is 9.94. The van der Waals surface area contributed by atoms with Crippen LogP contribution < -0.4 is 5.32 Å². The first-order valence-electron chi connectivity index (χ1n) is 7.50. The van der Waals surface area contributed by atoms with Crippen LogP contribution in [0.3, 0.4) is 0 Å². The number of tetrazole rings is 1. The molecule has 0 radical (unpaired) electrons. The molecule has 0 atom stereocenters. The quantitative estimate of drug-likeness (QED) is 0.850. The molecule has 0 bridgehead atoms. The fraction of sp³-hybridized carbons (Fsp3) is 0.562. The highest BCUT2D eigenvalue weighted by atomic mass is 15.6. The SMILES string of the molecule is CC(C)CNCC(C)(C)Cn1nnc(-c2ccccc2)n1. The van der Waals surface area contributed by atoms with Gasteiger partial charge in [-0.15, -0.1) is 10.2 Å². The van der Waals surface area contributed by atoms with E-state index in [2.05, 4.69) is 48.4 Å². The van der Waals surface area contributed by atoms with Crippen LogP contribution in [0.4, 0.5) is 0 Å². The van der Waals surface area contributed by atoms with Gasteiger partial charge in [0, 0.05) is 12.1 Å². The van der Waals surface area contributed by atoms with Gasteiger partial charge in [0.2, 0.25) is 5.82 Å². The maximum atomic E-state index is 4.48. The minimum absolute atomic E-state index is 0.0869. The summed E-state index contributed by atoms with van der Waals surface area (Å²) < 4.78 is 0. The Morgan fingerprint density at radius 3 is 2.57 bits per heavy atom. The molecule has 0 amide bonds. The largest absolute Gasteiger partial charge is 0.316 e. The lowest BCUT2D eigenvalue weighted by atomic mass is 9.93. The first-order chi connectivity index (χ1) is 9.96. The molecule has 0 aliphatic heterocycles. The number of hydrogen-bond donors (Lipinski definition) is 1. The molecule has 0 unspecified atom stereocenters. The molecule has 1 aromatic carbocycles. The average Bonchev–Trinajstić information content (AvgIpc) is 2.86. The molecule has 114 valence electrons. The second kappa shape index (κ2) is 6.80. The van der Waals surface area contributed by atoms with Crippen LogP contribution in [0.25, 0.3) is 11.4 Å². The van der Waals surface area contributed by atoms with Crippen LogP contribution >= 0.6 is 0 Å². The number of nitrogens with zero attached hydrogens (tertiary/aromatic N) is 4. The monoisotopic (exact) mass is 287 g/mol. The minimum Gasteiger partial charge on any atom is -0.316 e. The van der Waals surface area contributed by atoms with Gasteiger partial charge in [-0.05, 0) is 23.1 Å². The van der Waals surface area contributed by atoms with Crippen molar-refractivity contribution < 1.29 is 0 Å². The molecule has 0 spiro atoms. The van der Waals surface area contributed by atoms with Gasteiger partial charge in [0.1, 0.15) is 0 Å². The summed E-state index contributed by atoms with van der Waals surface area (Å²) in [6.07, 6.45) is 0. The third-order valence-electron chi connectivity index (χ3n) is 3.21. The normalized spacial score (nSPS) is 12.0. The lowest BCUT2D eigenvalue weighted by Gasteiger charge is -2.24. The summed E-state index contributed by atoms with van der Waals surface area (Å²) in [4.78, 5) is 1.69. The standard InChI is InChI=1S/C16H25N5/c1-13(2)10-17-11-16(3,4)12-21-19-15(18-20-21)14-8-6-5-7-9-14/h5-9,13,17H,10-12H2,1-4H3. The van der Waals surface area contributed by atoms with Gasteiger partial charge in [-0.2, -0.15) is 4.80 Å². The number of hydrogen-bond acceptors (Lipinski definition) is 4. The number of benzene rings is 1. The fourth-order valence-corrected chi connectivity index (χ4v) is 2.15. The van der Waals surface area contributed by atoms with E-state index >= 15 is 0 Å². The zero-order valence-corrected chi connectivity index (χ0v) is 13.4. The van der Waals surface area contributed by atoms with Gasteiger partial charge in [-0.3, -0.25) is 0 Å². The van der Waals surface area contributed by atoms with Gasteiger partial charge in [-0.25, -0.2) is 0 Å². The highest BCUT2D eigenvalue weighted by Gasteiger charge is 2.20. The zero-order valence-electron chi connectivity index (χ0n) is 13.4.